The second-order valence-electron chi connectivity index (χ2n) is 3.89. The first-order valence-electron chi connectivity index (χ1n) is 5.67. The zero-order chi connectivity index (χ0) is 13.2. The zero-order valence-electron chi connectivity index (χ0n) is 10.2. The van der Waals surface area contributed by atoms with Crippen molar-refractivity contribution in [3.8, 4) is 29.0 Å². The number of ether oxygens (including phenoxy) is 2. The molecule has 6 heteroatoms. The summed E-state index contributed by atoms with van der Waals surface area (Å²) < 4.78 is 10.6. The van der Waals surface area contributed by atoms with Gasteiger partial charge in [-0.1, -0.05) is 0 Å². The first-order valence-corrected chi connectivity index (χ1v) is 5.67. The minimum atomic E-state index is 0.222. The summed E-state index contributed by atoms with van der Waals surface area (Å²) in [6.45, 7) is 0.222. The Morgan fingerprint density at radius 2 is 2.05 bits per heavy atom. The fraction of sp³-hybridized carbons (Fsp3) is 0.154. The van der Waals surface area contributed by atoms with E-state index in [1.807, 2.05) is 12.1 Å². The van der Waals surface area contributed by atoms with Gasteiger partial charge in [-0.3, -0.25) is 0 Å². The molecule has 0 unspecified atom stereocenters. The number of aromatic nitrogens is 2. The van der Waals surface area contributed by atoms with Gasteiger partial charge in [0.05, 0.1) is 0 Å². The largest absolute Gasteiger partial charge is 0.454 e. The highest BCUT2D eigenvalue weighted by Crippen LogP contribution is 2.35. The summed E-state index contributed by atoms with van der Waals surface area (Å²) >= 11 is 0. The Morgan fingerprint density at radius 3 is 2.84 bits per heavy atom. The first-order chi connectivity index (χ1) is 9.30. The minimum absolute atomic E-state index is 0.222. The molecule has 1 aromatic heterocycles. The van der Waals surface area contributed by atoms with Crippen LogP contribution in [0.15, 0.2) is 24.3 Å². The van der Waals surface area contributed by atoms with Gasteiger partial charge >= 0.3 is 0 Å². The fourth-order valence-electron chi connectivity index (χ4n) is 1.80. The molecule has 0 amide bonds. The number of nitriles is 1. The lowest BCUT2D eigenvalue weighted by molar-refractivity contribution is 0.174. The fourth-order valence-corrected chi connectivity index (χ4v) is 1.80. The van der Waals surface area contributed by atoms with Crippen molar-refractivity contribution in [2.45, 2.75) is 0 Å². The van der Waals surface area contributed by atoms with Gasteiger partial charge in [-0.2, -0.15) is 5.26 Å². The third-order valence-electron chi connectivity index (χ3n) is 2.73. The molecule has 0 saturated carbocycles. The predicted octanol–water partition coefficient (Wildman–Crippen LogP) is 1.79. The van der Waals surface area contributed by atoms with Crippen molar-refractivity contribution in [1.29, 1.82) is 5.26 Å². The van der Waals surface area contributed by atoms with Crippen molar-refractivity contribution in [1.82, 2.24) is 9.97 Å². The highest BCUT2D eigenvalue weighted by molar-refractivity contribution is 5.63. The van der Waals surface area contributed by atoms with Crippen molar-refractivity contribution in [3.05, 3.63) is 30.0 Å². The Morgan fingerprint density at radius 1 is 1.21 bits per heavy atom. The second kappa shape index (κ2) is 4.46. The maximum atomic E-state index is 8.97. The molecule has 2 aromatic rings. The topological polar surface area (TPSA) is 80.1 Å². The average Bonchev–Trinajstić information content (AvgIpc) is 2.94. The molecule has 6 nitrogen and oxygen atoms in total. The molecule has 19 heavy (non-hydrogen) atoms. The molecular weight excluding hydrogens is 244 g/mol. The van der Waals surface area contributed by atoms with Crippen molar-refractivity contribution in [3.63, 3.8) is 0 Å². The standard InChI is InChI=1S/C13H10N4O2/c1-15-12-5-9(6-14)16-13(17-12)8-2-3-10-11(4-8)19-7-18-10/h2-5H,7H2,1H3,(H,15,16,17). The van der Waals surface area contributed by atoms with E-state index in [0.717, 1.165) is 5.56 Å². The highest BCUT2D eigenvalue weighted by atomic mass is 16.7. The lowest BCUT2D eigenvalue weighted by Gasteiger charge is -2.05. The van der Waals surface area contributed by atoms with Crippen LogP contribution in [0.4, 0.5) is 5.82 Å². The summed E-state index contributed by atoms with van der Waals surface area (Å²) in [4.78, 5) is 8.51. The molecule has 1 aliphatic rings. The van der Waals surface area contributed by atoms with Crippen LogP contribution in [0.5, 0.6) is 11.5 Å². The summed E-state index contributed by atoms with van der Waals surface area (Å²) in [7, 11) is 1.74. The molecule has 1 aliphatic heterocycles. The van der Waals surface area contributed by atoms with Crippen LogP contribution < -0.4 is 14.8 Å². The third kappa shape index (κ3) is 2.02. The Labute approximate surface area is 109 Å². The Hall–Kier alpha value is -2.81. The minimum Gasteiger partial charge on any atom is -0.454 e. The van der Waals surface area contributed by atoms with Crippen molar-refractivity contribution in [2.24, 2.45) is 0 Å². The predicted molar refractivity (Wildman–Crippen MR) is 67.9 cm³/mol. The molecule has 3 rings (SSSR count). The number of anilines is 1. The number of hydrogen-bond acceptors (Lipinski definition) is 6. The van der Waals surface area contributed by atoms with Gasteiger partial charge in [-0.25, -0.2) is 9.97 Å². The number of nitrogens with zero attached hydrogens (tertiary/aromatic N) is 3. The monoisotopic (exact) mass is 254 g/mol. The van der Waals surface area contributed by atoms with Gasteiger partial charge in [-0.05, 0) is 18.2 Å². The summed E-state index contributed by atoms with van der Waals surface area (Å²) in [6.07, 6.45) is 0. The molecule has 0 radical (unpaired) electrons. The van der Waals surface area contributed by atoms with Crippen LogP contribution >= 0.6 is 0 Å². The Bertz CT molecular complexity index is 679. The van der Waals surface area contributed by atoms with Crippen molar-refractivity contribution in [2.75, 3.05) is 19.2 Å². The Balaban J connectivity index is 2.09. The normalized spacial score (nSPS) is 12.0. The van der Waals surface area contributed by atoms with E-state index < -0.39 is 0 Å². The third-order valence-corrected chi connectivity index (χ3v) is 2.73. The molecule has 0 spiro atoms. The number of hydrogen-bond donors (Lipinski definition) is 1. The van der Waals surface area contributed by atoms with Crippen LogP contribution in [0, 0.1) is 11.3 Å². The van der Waals surface area contributed by atoms with Gasteiger partial charge in [0, 0.05) is 18.7 Å². The molecule has 0 fully saturated rings. The average molecular weight is 254 g/mol. The van der Waals surface area contributed by atoms with Crippen molar-refractivity contribution >= 4 is 5.82 Å². The molecule has 1 N–H and O–H groups in total. The summed E-state index contributed by atoms with van der Waals surface area (Å²) in [6, 6.07) is 9.06. The molecule has 0 bridgehead atoms. The van der Waals surface area contributed by atoms with Gasteiger partial charge in [0.2, 0.25) is 6.79 Å². The molecule has 94 valence electrons. The number of fused-ring (bicyclic) bond motifs is 1. The van der Waals surface area contributed by atoms with E-state index in [-0.39, 0.29) is 6.79 Å². The van der Waals surface area contributed by atoms with Crippen LogP contribution in [-0.2, 0) is 0 Å². The van der Waals surface area contributed by atoms with Crippen LogP contribution in [-0.4, -0.2) is 23.8 Å². The number of nitrogens with one attached hydrogen (secondary N) is 1. The van der Waals surface area contributed by atoms with Gasteiger partial charge in [0.25, 0.3) is 0 Å². The lowest BCUT2D eigenvalue weighted by atomic mass is 10.2. The summed E-state index contributed by atoms with van der Waals surface area (Å²) in [5.74, 6) is 2.43. The van der Waals surface area contributed by atoms with Crippen LogP contribution in [0.25, 0.3) is 11.4 Å². The zero-order valence-corrected chi connectivity index (χ0v) is 10.2. The summed E-state index contributed by atoms with van der Waals surface area (Å²) in [5, 5.41) is 11.9. The van der Waals surface area contributed by atoms with Crippen LogP contribution in [0.3, 0.4) is 0 Å². The van der Waals surface area contributed by atoms with Gasteiger partial charge in [0.1, 0.15) is 17.6 Å². The maximum absolute atomic E-state index is 8.97. The van der Waals surface area contributed by atoms with Crippen molar-refractivity contribution < 1.29 is 9.47 Å². The smallest absolute Gasteiger partial charge is 0.231 e. The van der Waals surface area contributed by atoms with Crippen LogP contribution in [0.2, 0.25) is 0 Å². The molecule has 0 aliphatic carbocycles. The van der Waals surface area contributed by atoms with E-state index in [1.165, 1.54) is 0 Å². The SMILES string of the molecule is CNc1cc(C#N)nc(-c2ccc3c(c2)OCO3)n1. The van der Waals surface area contributed by atoms with E-state index in [2.05, 4.69) is 15.3 Å². The molecule has 1 aromatic carbocycles. The van der Waals surface area contributed by atoms with Gasteiger partial charge in [0.15, 0.2) is 17.3 Å². The van der Waals surface area contributed by atoms with Gasteiger partial charge in [-0.15, -0.1) is 0 Å². The van der Waals surface area contributed by atoms with E-state index in [4.69, 9.17) is 14.7 Å². The molecule has 2 heterocycles. The van der Waals surface area contributed by atoms with E-state index in [9.17, 15) is 0 Å². The number of benzene rings is 1. The quantitative estimate of drug-likeness (QED) is 0.880. The summed E-state index contributed by atoms with van der Waals surface area (Å²) in [5.41, 5.74) is 1.09. The second-order valence-corrected chi connectivity index (χ2v) is 3.89. The maximum Gasteiger partial charge on any atom is 0.231 e. The molecule has 0 saturated heterocycles. The number of rotatable bonds is 2. The molecule has 0 atom stereocenters. The van der Waals surface area contributed by atoms with E-state index in [0.29, 0.717) is 28.8 Å². The van der Waals surface area contributed by atoms with E-state index >= 15 is 0 Å². The van der Waals surface area contributed by atoms with Gasteiger partial charge < -0.3 is 14.8 Å². The first kappa shape index (κ1) is 11.3. The van der Waals surface area contributed by atoms with E-state index in [1.54, 1.807) is 25.2 Å². The Kier molecular flexibility index (Phi) is 2.65. The molecular formula is C13H10N4O2. The lowest BCUT2D eigenvalue weighted by Crippen LogP contribution is -1.99. The van der Waals surface area contributed by atoms with Crippen LogP contribution in [0.1, 0.15) is 5.69 Å². The highest BCUT2D eigenvalue weighted by Gasteiger charge is 2.15.